The molecule has 1 aliphatic rings. The lowest BCUT2D eigenvalue weighted by atomic mass is 10.2. The molecule has 4 rings (SSSR count). The molecule has 1 N–H and O–H groups in total. The number of anilines is 1. The topological polar surface area (TPSA) is 43.4 Å². The van der Waals surface area contributed by atoms with Crippen molar-refractivity contribution in [3.8, 4) is 11.5 Å². The first kappa shape index (κ1) is 12.0. The number of pyridine rings is 1. The highest BCUT2D eigenvalue weighted by Gasteiger charge is 2.12. The third-order valence-electron chi connectivity index (χ3n) is 3.52. The van der Waals surface area contributed by atoms with Gasteiger partial charge in [0.1, 0.15) is 0 Å². The van der Waals surface area contributed by atoms with Crippen molar-refractivity contribution in [2.45, 2.75) is 6.54 Å². The lowest BCUT2D eigenvalue weighted by Crippen LogP contribution is -1.99. The van der Waals surface area contributed by atoms with E-state index in [1.807, 2.05) is 42.6 Å². The zero-order chi connectivity index (χ0) is 14.1. The molecular formula is C17H14N2O2. The number of para-hydroxylation sites is 1. The second kappa shape index (κ2) is 4.98. The Morgan fingerprint density at radius 1 is 1.00 bits per heavy atom. The lowest BCUT2D eigenvalue weighted by molar-refractivity contribution is 0.174. The third-order valence-corrected chi connectivity index (χ3v) is 3.52. The second-order valence-corrected chi connectivity index (χ2v) is 4.96. The van der Waals surface area contributed by atoms with E-state index >= 15 is 0 Å². The second-order valence-electron chi connectivity index (χ2n) is 4.96. The van der Waals surface area contributed by atoms with Crippen LogP contribution in [0, 0.1) is 0 Å². The maximum atomic E-state index is 5.39. The number of nitrogens with zero attached hydrogens (tertiary/aromatic N) is 1. The molecule has 0 spiro atoms. The van der Waals surface area contributed by atoms with Gasteiger partial charge in [-0.1, -0.05) is 24.3 Å². The van der Waals surface area contributed by atoms with Crippen LogP contribution >= 0.6 is 0 Å². The van der Waals surface area contributed by atoms with Crippen LogP contribution in [0.4, 0.5) is 5.69 Å². The molecule has 3 aromatic rings. The molecule has 4 heteroatoms. The number of aromatic nitrogens is 1. The summed E-state index contributed by atoms with van der Waals surface area (Å²) in [7, 11) is 0. The first-order chi connectivity index (χ1) is 10.4. The van der Waals surface area contributed by atoms with Crippen molar-refractivity contribution in [1.82, 2.24) is 4.98 Å². The first-order valence-corrected chi connectivity index (χ1v) is 6.86. The number of ether oxygens (including phenoxy) is 2. The van der Waals surface area contributed by atoms with Gasteiger partial charge < -0.3 is 14.8 Å². The van der Waals surface area contributed by atoms with Crippen LogP contribution in [-0.4, -0.2) is 11.8 Å². The summed E-state index contributed by atoms with van der Waals surface area (Å²) >= 11 is 0. The van der Waals surface area contributed by atoms with Crippen LogP contribution in [0.3, 0.4) is 0 Å². The Morgan fingerprint density at radius 2 is 1.90 bits per heavy atom. The quantitative estimate of drug-likeness (QED) is 0.795. The summed E-state index contributed by atoms with van der Waals surface area (Å²) in [5, 5.41) is 4.52. The standard InChI is InChI=1S/C17H14N2O2/c1-2-4-15-13(3-1)8-14(10-19-15)18-9-12-5-6-16-17(7-12)21-11-20-16/h1-8,10,18H,9,11H2. The van der Waals surface area contributed by atoms with Crippen LogP contribution in [0.2, 0.25) is 0 Å². The van der Waals surface area contributed by atoms with Crippen molar-refractivity contribution in [2.75, 3.05) is 12.1 Å². The normalized spacial score (nSPS) is 12.6. The number of hydrogen-bond donors (Lipinski definition) is 1. The zero-order valence-electron chi connectivity index (χ0n) is 11.4. The van der Waals surface area contributed by atoms with E-state index in [4.69, 9.17) is 9.47 Å². The molecule has 21 heavy (non-hydrogen) atoms. The van der Waals surface area contributed by atoms with E-state index in [-0.39, 0.29) is 0 Å². The summed E-state index contributed by atoms with van der Waals surface area (Å²) in [4.78, 5) is 4.44. The average Bonchev–Trinajstić information content (AvgIpc) is 3.00. The van der Waals surface area contributed by atoms with Crippen LogP contribution in [0.1, 0.15) is 5.56 Å². The minimum atomic E-state index is 0.306. The summed E-state index contributed by atoms with van der Waals surface area (Å²) in [6.07, 6.45) is 1.86. The van der Waals surface area contributed by atoms with Gasteiger partial charge >= 0.3 is 0 Å². The minimum absolute atomic E-state index is 0.306. The average molecular weight is 278 g/mol. The highest BCUT2D eigenvalue weighted by atomic mass is 16.7. The monoisotopic (exact) mass is 278 g/mol. The van der Waals surface area contributed by atoms with E-state index in [0.29, 0.717) is 6.79 Å². The van der Waals surface area contributed by atoms with E-state index in [1.165, 1.54) is 0 Å². The maximum absolute atomic E-state index is 5.39. The van der Waals surface area contributed by atoms with Gasteiger partial charge in [0.25, 0.3) is 0 Å². The van der Waals surface area contributed by atoms with Crippen LogP contribution in [0.5, 0.6) is 11.5 Å². The van der Waals surface area contributed by atoms with Gasteiger partial charge in [-0.3, -0.25) is 4.98 Å². The Labute approximate surface area is 122 Å². The molecule has 0 saturated heterocycles. The van der Waals surface area contributed by atoms with Crippen molar-refractivity contribution in [3.05, 3.63) is 60.3 Å². The molecule has 1 aromatic heterocycles. The summed E-state index contributed by atoms with van der Waals surface area (Å²) in [5.41, 5.74) is 3.16. The highest BCUT2D eigenvalue weighted by Crippen LogP contribution is 2.32. The Hall–Kier alpha value is -2.75. The third kappa shape index (κ3) is 2.36. The van der Waals surface area contributed by atoms with Gasteiger partial charge in [0, 0.05) is 11.9 Å². The number of hydrogen-bond acceptors (Lipinski definition) is 4. The number of fused-ring (bicyclic) bond motifs is 2. The van der Waals surface area contributed by atoms with E-state index in [1.54, 1.807) is 0 Å². The Morgan fingerprint density at radius 3 is 2.90 bits per heavy atom. The predicted molar refractivity (Wildman–Crippen MR) is 81.6 cm³/mol. The fourth-order valence-corrected chi connectivity index (χ4v) is 2.42. The Balaban J connectivity index is 1.52. The molecule has 4 nitrogen and oxygen atoms in total. The number of benzene rings is 2. The molecule has 0 bridgehead atoms. The van der Waals surface area contributed by atoms with Gasteiger partial charge in [-0.2, -0.15) is 0 Å². The molecule has 0 radical (unpaired) electrons. The summed E-state index contributed by atoms with van der Waals surface area (Å²) in [5.74, 6) is 1.62. The summed E-state index contributed by atoms with van der Waals surface area (Å²) in [6.45, 7) is 1.03. The maximum Gasteiger partial charge on any atom is 0.231 e. The molecule has 0 saturated carbocycles. The van der Waals surface area contributed by atoms with E-state index in [0.717, 1.165) is 40.2 Å². The molecule has 0 atom stereocenters. The van der Waals surface area contributed by atoms with Gasteiger partial charge in [0.15, 0.2) is 11.5 Å². The number of nitrogens with one attached hydrogen (secondary N) is 1. The SMILES string of the molecule is c1ccc2ncc(NCc3ccc4c(c3)OCO4)cc2c1. The molecule has 1 aliphatic heterocycles. The van der Waals surface area contributed by atoms with E-state index in [2.05, 4.69) is 22.4 Å². The van der Waals surface area contributed by atoms with E-state index < -0.39 is 0 Å². The minimum Gasteiger partial charge on any atom is -0.454 e. The van der Waals surface area contributed by atoms with Crippen molar-refractivity contribution in [1.29, 1.82) is 0 Å². The van der Waals surface area contributed by atoms with Crippen molar-refractivity contribution in [3.63, 3.8) is 0 Å². The van der Waals surface area contributed by atoms with E-state index in [9.17, 15) is 0 Å². The zero-order valence-corrected chi connectivity index (χ0v) is 11.4. The molecular weight excluding hydrogens is 264 g/mol. The smallest absolute Gasteiger partial charge is 0.231 e. The molecule has 2 aromatic carbocycles. The molecule has 0 aliphatic carbocycles. The van der Waals surface area contributed by atoms with Gasteiger partial charge in [0.2, 0.25) is 6.79 Å². The van der Waals surface area contributed by atoms with Crippen LogP contribution in [0.15, 0.2) is 54.7 Å². The van der Waals surface area contributed by atoms with Crippen LogP contribution in [-0.2, 0) is 6.54 Å². The predicted octanol–water partition coefficient (Wildman–Crippen LogP) is 3.58. The summed E-state index contributed by atoms with van der Waals surface area (Å²) < 4.78 is 10.7. The summed E-state index contributed by atoms with van der Waals surface area (Å²) in [6, 6.07) is 16.2. The molecule has 0 amide bonds. The first-order valence-electron chi connectivity index (χ1n) is 6.86. The Kier molecular flexibility index (Phi) is 2.85. The van der Waals surface area contributed by atoms with Gasteiger partial charge in [-0.15, -0.1) is 0 Å². The van der Waals surface area contributed by atoms with Gasteiger partial charge in [-0.05, 0) is 29.8 Å². The fourth-order valence-electron chi connectivity index (χ4n) is 2.42. The lowest BCUT2D eigenvalue weighted by Gasteiger charge is -2.08. The Bertz CT molecular complexity index is 802. The molecule has 0 unspecified atom stereocenters. The van der Waals surface area contributed by atoms with Crippen LogP contribution < -0.4 is 14.8 Å². The number of rotatable bonds is 3. The van der Waals surface area contributed by atoms with Crippen molar-refractivity contribution in [2.24, 2.45) is 0 Å². The molecule has 104 valence electrons. The van der Waals surface area contributed by atoms with Crippen molar-refractivity contribution >= 4 is 16.6 Å². The van der Waals surface area contributed by atoms with Crippen molar-refractivity contribution < 1.29 is 9.47 Å². The van der Waals surface area contributed by atoms with Gasteiger partial charge in [0.05, 0.1) is 17.4 Å². The highest BCUT2D eigenvalue weighted by molar-refractivity contribution is 5.81. The fraction of sp³-hybridized carbons (Fsp3) is 0.118. The molecule has 2 heterocycles. The van der Waals surface area contributed by atoms with Gasteiger partial charge in [-0.25, -0.2) is 0 Å². The largest absolute Gasteiger partial charge is 0.454 e. The van der Waals surface area contributed by atoms with Crippen LogP contribution in [0.25, 0.3) is 10.9 Å². The molecule has 0 fully saturated rings.